The van der Waals surface area contributed by atoms with Crippen molar-refractivity contribution in [2.75, 3.05) is 26.2 Å². The molecule has 2 heterocycles. The molecule has 1 atom stereocenters. The number of likely N-dealkylation sites (tertiary alicyclic amines) is 1. The van der Waals surface area contributed by atoms with Crippen LogP contribution in [0.15, 0.2) is 0 Å². The van der Waals surface area contributed by atoms with Crippen LogP contribution in [0.2, 0.25) is 0 Å². The number of hydrogen-bond donors (Lipinski definition) is 2. The van der Waals surface area contributed by atoms with Crippen molar-refractivity contribution in [1.82, 2.24) is 20.6 Å². The van der Waals surface area contributed by atoms with E-state index in [1.807, 2.05) is 0 Å². The number of amides is 4. The van der Waals surface area contributed by atoms with Gasteiger partial charge in [-0.15, -0.1) is 5.06 Å². The number of hydroxylamine groups is 2. The highest BCUT2D eigenvalue weighted by atomic mass is 16.8. The van der Waals surface area contributed by atoms with Crippen LogP contribution >= 0.6 is 0 Å². The Kier molecular flexibility index (Phi) is 8.33. The number of carbonyl (C=O) groups excluding carboxylic acids is 5. The van der Waals surface area contributed by atoms with Crippen molar-refractivity contribution in [3.63, 3.8) is 0 Å². The van der Waals surface area contributed by atoms with Gasteiger partial charge in [-0.05, 0) is 24.8 Å². The van der Waals surface area contributed by atoms with Crippen molar-refractivity contribution in [3.05, 3.63) is 0 Å². The molecule has 30 heavy (non-hydrogen) atoms. The molecule has 0 aromatic rings. The first-order valence-electron chi connectivity index (χ1n) is 10.4. The Morgan fingerprint density at radius 2 is 1.67 bits per heavy atom. The zero-order chi connectivity index (χ0) is 22.3. The fourth-order valence-corrected chi connectivity index (χ4v) is 3.54. The molecule has 0 saturated carbocycles. The van der Waals surface area contributed by atoms with Crippen LogP contribution in [0, 0.1) is 5.41 Å². The minimum Gasteiger partial charge on any atom is -0.355 e. The van der Waals surface area contributed by atoms with Crippen LogP contribution in [0.1, 0.15) is 59.3 Å². The Balaban J connectivity index is 1.60. The van der Waals surface area contributed by atoms with Crippen molar-refractivity contribution >= 4 is 29.6 Å². The molecule has 2 rings (SSSR count). The molecular weight excluding hydrogens is 401 g/mol. The summed E-state index contributed by atoms with van der Waals surface area (Å²) in [5, 5.41) is 5.85. The summed E-state index contributed by atoms with van der Waals surface area (Å²) >= 11 is 0. The summed E-state index contributed by atoms with van der Waals surface area (Å²) in [6.45, 7) is 8.40. The lowest BCUT2D eigenvalue weighted by atomic mass is 10.2. The molecule has 0 aromatic carbocycles. The van der Waals surface area contributed by atoms with E-state index in [1.54, 1.807) is 0 Å². The van der Waals surface area contributed by atoms with Gasteiger partial charge in [-0.25, -0.2) is 4.79 Å². The molecule has 10 heteroatoms. The van der Waals surface area contributed by atoms with E-state index in [4.69, 9.17) is 4.84 Å². The molecule has 2 aliphatic heterocycles. The Bertz CT molecular complexity index is 671. The Labute approximate surface area is 176 Å². The van der Waals surface area contributed by atoms with Crippen molar-refractivity contribution in [2.24, 2.45) is 5.41 Å². The molecule has 2 saturated heterocycles. The lowest BCUT2D eigenvalue weighted by molar-refractivity contribution is -0.197. The van der Waals surface area contributed by atoms with Crippen LogP contribution in [0.3, 0.4) is 0 Å². The summed E-state index contributed by atoms with van der Waals surface area (Å²) in [6.07, 6.45) is 1.79. The molecule has 1 unspecified atom stereocenters. The predicted octanol–water partition coefficient (Wildman–Crippen LogP) is 0.117. The van der Waals surface area contributed by atoms with Crippen molar-refractivity contribution in [2.45, 2.75) is 65.3 Å². The van der Waals surface area contributed by atoms with Gasteiger partial charge in [0, 0.05) is 38.9 Å². The average molecular weight is 433 g/mol. The number of rotatable bonds is 9. The van der Waals surface area contributed by atoms with E-state index in [1.165, 1.54) is 0 Å². The van der Waals surface area contributed by atoms with Crippen LogP contribution in [-0.2, 0) is 28.8 Å². The van der Waals surface area contributed by atoms with Crippen molar-refractivity contribution in [3.8, 4) is 0 Å². The van der Waals surface area contributed by atoms with E-state index < -0.39 is 17.8 Å². The predicted molar refractivity (Wildman–Crippen MR) is 106 cm³/mol. The Morgan fingerprint density at radius 1 is 1.03 bits per heavy atom. The second kappa shape index (κ2) is 10.5. The molecule has 0 spiro atoms. The third kappa shape index (κ3) is 7.40. The molecular formula is C20H32N4O6. The molecule has 2 fully saturated rings. The summed E-state index contributed by atoms with van der Waals surface area (Å²) in [4.78, 5) is 65.7. The molecule has 0 radical (unpaired) electrons. The normalized spacial score (nSPS) is 19.8. The highest BCUT2D eigenvalue weighted by Crippen LogP contribution is 2.23. The van der Waals surface area contributed by atoms with Crippen LogP contribution in [0.4, 0.5) is 0 Å². The fourth-order valence-electron chi connectivity index (χ4n) is 3.54. The van der Waals surface area contributed by atoms with E-state index in [-0.39, 0.29) is 62.0 Å². The number of nitrogens with zero attached hydrogens (tertiary/aromatic N) is 2. The smallest absolute Gasteiger partial charge is 0.334 e. The van der Waals surface area contributed by atoms with Crippen LogP contribution in [0.25, 0.3) is 0 Å². The maximum Gasteiger partial charge on any atom is 0.334 e. The largest absolute Gasteiger partial charge is 0.355 e. The standard InChI is InChI=1S/C20H32N4O6/c1-20(2,3)13-23-12-4-5-14(23)19(29)22-10-8-15(25)21-11-9-18(28)30-24-16(26)6-7-17(24)27/h14H,4-13H2,1-3H3,(H,21,25)(H,22,29)/i1+1,2+1,3+1,13+1,15+1,18+1,20+1,21+1,22+1. The first-order chi connectivity index (χ1) is 14.1. The first kappa shape index (κ1) is 23.8. The second-order valence-electron chi connectivity index (χ2n) is 8.88. The average Bonchev–Trinajstić information content (AvgIpc) is 3.21. The number of hydrogen-bond acceptors (Lipinski definition) is 7. The van der Waals surface area contributed by atoms with Crippen LogP contribution in [0.5, 0.6) is 0 Å². The molecule has 10 nitrogen and oxygen atoms in total. The maximum absolute atomic E-state index is 12.4. The molecule has 4 amide bonds. The number of nitrogens with one attached hydrogen (secondary N) is 2. The molecule has 2 aliphatic rings. The zero-order valence-electron chi connectivity index (χ0n) is 18.0. The Morgan fingerprint density at radius 3 is 2.30 bits per heavy atom. The van der Waals surface area contributed by atoms with Gasteiger partial charge in [0.15, 0.2) is 0 Å². The topological polar surface area (TPSA) is 125 Å². The van der Waals surface area contributed by atoms with Gasteiger partial charge in [0.2, 0.25) is 11.8 Å². The maximum atomic E-state index is 12.4. The zero-order valence-corrected chi connectivity index (χ0v) is 18.0. The van der Waals surface area contributed by atoms with Crippen LogP contribution < -0.4 is 10.6 Å². The number of carbonyl (C=O) groups is 5. The molecule has 168 valence electrons. The van der Waals surface area contributed by atoms with Gasteiger partial charge in [0.25, 0.3) is 11.8 Å². The minimum absolute atomic E-state index is 0.0177. The monoisotopic (exact) mass is 433 g/mol. The molecule has 0 aromatic heterocycles. The van der Waals surface area contributed by atoms with Gasteiger partial charge >= 0.3 is 5.97 Å². The van der Waals surface area contributed by atoms with E-state index >= 15 is 0 Å². The quantitative estimate of drug-likeness (QED) is 0.301. The fraction of sp³-hybridized carbons (Fsp3) is 0.750. The van der Waals surface area contributed by atoms with Gasteiger partial charge in [0.1, 0.15) is 0 Å². The number of imide groups is 1. The summed E-state index contributed by atoms with van der Waals surface area (Å²) in [5.41, 5.74) is 0.110. The van der Waals surface area contributed by atoms with E-state index in [0.29, 0.717) is 5.06 Å². The van der Waals surface area contributed by atoms with Gasteiger partial charge in [0.05, 0.1) is 12.5 Å². The van der Waals surface area contributed by atoms with Gasteiger partial charge in [-0.2, -0.15) is 0 Å². The van der Waals surface area contributed by atoms with Crippen molar-refractivity contribution in [1.29, 1.82) is 0 Å². The molecule has 0 aliphatic carbocycles. The Hall–Kier alpha value is -2.49. The van der Waals surface area contributed by atoms with Gasteiger partial charge < -0.3 is 15.5 Å². The third-order valence-electron chi connectivity index (χ3n) is 4.85. The van der Waals surface area contributed by atoms with Crippen molar-refractivity contribution < 1.29 is 28.8 Å². The summed E-state index contributed by atoms with van der Waals surface area (Å²) in [7, 11) is 0. The molecule has 2 N–H and O–H groups in total. The second-order valence-corrected chi connectivity index (χ2v) is 8.88. The SMILES string of the molecule is [13CH3][13C]([13CH3])([13CH3])[13CH2]N1CCCC1C(=O)[15NH]CC[13C](=O)[15NH]CC[13C](=O)ON1C(=O)CCC1=O. The van der Waals surface area contributed by atoms with Gasteiger partial charge in [-0.3, -0.25) is 24.1 Å². The van der Waals surface area contributed by atoms with E-state index in [2.05, 4.69) is 36.3 Å². The lowest BCUT2D eigenvalue weighted by Gasteiger charge is -2.30. The highest BCUT2D eigenvalue weighted by Gasteiger charge is 2.33. The highest BCUT2D eigenvalue weighted by molar-refractivity contribution is 6.01. The van der Waals surface area contributed by atoms with Gasteiger partial charge in [-0.1, -0.05) is 20.8 Å². The summed E-state index contributed by atoms with van der Waals surface area (Å²) < 4.78 is 0. The van der Waals surface area contributed by atoms with E-state index in [9.17, 15) is 24.0 Å². The minimum atomic E-state index is -0.771. The molecule has 0 bridgehead atoms. The summed E-state index contributed by atoms with van der Waals surface area (Å²) in [6, 6.07) is -0.155. The lowest BCUT2D eigenvalue weighted by Crippen LogP contribution is -2.46. The first-order valence-corrected chi connectivity index (χ1v) is 10.4. The summed E-state index contributed by atoms with van der Waals surface area (Å²) in [5.74, 6) is -2.23. The van der Waals surface area contributed by atoms with Crippen LogP contribution in [-0.4, -0.2) is 71.8 Å². The third-order valence-corrected chi connectivity index (χ3v) is 4.85. The van der Waals surface area contributed by atoms with E-state index in [0.717, 1.165) is 25.9 Å².